The minimum Gasteiger partial charge on any atom is -0.360 e. The van der Waals surface area contributed by atoms with Crippen molar-refractivity contribution in [3.63, 3.8) is 0 Å². The second-order valence-corrected chi connectivity index (χ2v) is 8.84. The molecule has 2 aromatic rings. The molecule has 7 heteroatoms. The summed E-state index contributed by atoms with van der Waals surface area (Å²) in [4.78, 5) is 2.64. The van der Waals surface area contributed by atoms with Crippen LogP contribution in [0.4, 0.5) is 0 Å². The number of rotatable bonds is 4. The van der Waals surface area contributed by atoms with Crippen LogP contribution in [0.25, 0.3) is 0 Å². The SMILES string of the molecule is Cc1cc(CN2CCN(S(=O)(=O)c3ccc4c(c3)CCC4)CC2)on1. The van der Waals surface area contributed by atoms with Crippen molar-refractivity contribution in [2.24, 2.45) is 0 Å². The lowest BCUT2D eigenvalue weighted by atomic mass is 10.1. The van der Waals surface area contributed by atoms with Crippen LogP contribution < -0.4 is 0 Å². The Hall–Kier alpha value is -1.70. The summed E-state index contributed by atoms with van der Waals surface area (Å²) in [5, 5.41) is 3.90. The number of hydrogen-bond donors (Lipinski definition) is 0. The Labute approximate surface area is 148 Å². The molecule has 1 aromatic carbocycles. The zero-order valence-electron chi connectivity index (χ0n) is 14.4. The van der Waals surface area contributed by atoms with E-state index in [9.17, 15) is 8.42 Å². The van der Waals surface area contributed by atoms with Gasteiger partial charge in [-0.05, 0) is 49.4 Å². The molecule has 0 N–H and O–H groups in total. The van der Waals surface area contributed by atoms with Gasteiger partial charge in [0.2, 0.25) is 10.0 Å². The molecule has 25 heavy (non-hydrogen) atoms. The summed E-state index contributed by atoms with van der Waals surface area (Å²) in [6.07, 6.45) is 3.18. The Morgan fingerprint density at radius 1 is 1.08 bits per heavy atom. The Kier molecular flexibility index (Phi) is 4.39. The molecule has 0 amide bonds. The van der Waals surface area contributed by atoms with Crippen LogP contribution in [0.5, 0.6) is 0 Å². The maximum absolute atomic E-state index is 12.9. The molecule has 2 aliphatic rings. The minimum atomic E-state index is -3.40. The Morgan fingerprint density at radius 3 is 2.56 bits per heavy atom. The number of nitrogens with zero attached hydrogens (tertiary/aromatic N) is 3. The second-order valence-electron chi connectivity index (χ2n) is 6.90. The number of piperazine rings is 1. The minimum absolute atomic E-state index is 0.437. The topological polar surface area (TPSA) is 66.7 Å². The smallest absolute Gasteiger partial charge is 0.243 e. The van der Waals surface area contributed by atoms with E-state index in [0.29, 0.717) is 37.6 Å². The molecule has 1 aromatic heterocycles. The van der Waals surface area contributed by atoms with Crippen molar-refractivity contribution in [3.8, 4) is 0 Å². The third kappa shape index (κ3) is 3.36. The molecule has 0 bridgehead atoms. The lowest BCUT2D eigenvalue weighted by Gasteiger charge is -2.33. The quantitative estimate of drug-likeness (QED) is 0.833. The first kappa shape index (κ1) is 16.8. The molecule has 0 spiro atoms. The van der Waals surface area contributed by atoms with E-state index in [4.69, 9.17) is 4.52 Å². The van der Waals surface area contributed by atoms with Gasteiger partial charge >= 0.3 is 0 Å². The molecule has 2 heterocycles. The normalized spacial score (nSPS) is 19.2. The van der Waals surface area contributed by atoms with Crippen LogP contribution in [0.15, 0.2) is 33.7 Å². The lowest BCUT2D eigenvalue weighted by Crippen LogP contribution is -2.48. The van der Waals surface area contributed by atoms with Crippen LogP contribution in [-0.2, 0) is 29.4 Å². The van der Waals surface area contributed by atoms with Gasteiger partial charge in [-0.25, -0.2) is 8.42 Å². The van der Waals surface area contributed by atoms with Crippen LogP contribution in [0, 0.1) is 6.92 Å². The van der Waals surface area contributed by atoms with Crippen LogP contribution in [-0.4, -0.2) is 49.0 Å². The van der Waals surface area contributed by atoms with Crippen LogP contribution in [0.3, 0.4) is 0 Å². The first-order chi connectivity index (χ1) is 12.0. The molecule has 6 nitrogen and oxygen atoms in total. The molecule has 4 rings (SSSR count). The maximum Gasteiger partial charge on any atom is 0.243 e. The Balaban J connectivity index is 1.42. The maximum atomic E-state index is 12.9. The van der Waals surface area contributed by atoms with Gasteiger partial charge in [-0.3, -0.25) is 4.90 Å². The van der Waals surface area contributed by atoms with Gasteiger partial charge in [0.15, 0.2) is 5.76 Å². The van der Waals surface area contributed by atoms with Gasteiger partial charge in [-0.15, -0.1) is 0 Å². The van der Waals surface area contributed by atoms with E-state index in [1.165, 1.54) is 11.1 Å². The van der Waals surface area contributed by atoms with Gasteiger partial charge in [-0.1, -0.05) is 11.2 Å². The van der Waals surface area contributed by atoms with Gasteiger partial charge in [0.1, 0.15) is 0 Å². The molecule has 1 aliphatic carbocycles. The fraction of sp³-hybridized carbons (Fsp3) is 0.500. The molecule has 0 atom stereocenters. The standard InChI is InChI=1S/C18H23N3O3S/c1-14-11-17(24-19-14)13-20-7-9-21(10-8-20)25(22,23)18-6-5-15-3-2-4-16(15)12-18/h5-6,11-12H,2-4,7-10,13H2,1H3. The van der Waals surface area contributed by atoms with E-state index < -0.39 is 10.0 Å². The highest BCUT2D eigenvalue weighted by atomic mass is 32.2. The number of aromatic nitrogens is 1. The van der Waals surface area contributed by atoms with Gasteiger partial charge in [0.05, 0.1) is 17.1 Å². The number of benzene rings is 1. The van der Waals surface area contributed by atoms with Gasteiger partial charge in [0.25, 0.3) is 0 Å². The molecular formula is C18H23N3O3S. The lowest BCUT2D eigenvalue weighted by molar-refractivity contribution is 0.166. The third-order valence-corrected chi connectivity index (χ3v) is 6.99. The summed E-state index contributed by atoms with van der Waals surface area (Å²) in [7, 11) is -3.40. The third-order valence-electron chi connectivity index (χ3n) is 5.10. The highest BCUT2D eigenvalue weighted by molar-refractivity contribution is 7.89. The monoisotopic (exact) mass is 361 g/mol. The van der Waals surface area contributed by atoms with Crippen molar-refractivity contribution in [3.05, 3.63) is 46.8 Å². The zero-order chi connectivity index (χ0) is 17.4. The van der Waals surface area contributed by atoms with Crippen molar-refractivity contribution in [2.45, 2.75) is 37.6 Å². The summed E-state index contributed by atoms with van der Waals surface area (Å²) in [5.41, 5.74) is 3.36. The first-order valence-corrected chi connectivity index (χ1v) is 10.2. The van der Waals surface area contributed by atoms with Crippen LogP contribution in [0.1, 0.15) is 29.0 Å². The molecule has 0 saturated carbocycles. The number of fused-ring (bicyclic) bond motifs is 1. The summed E-state index contributed by atoms with van der Waals surface area (Å²) in [5.74, 6) is 0.826. The predicted molar refractivity (Wildman–Crippen MR) is 93.7 cm³/mol. The van der Waals surface area contributed by atoms with Crippen molar-refractivity contribution in [1.82, 2.24) is 14.4 Å². The van der Waals surface area contributed by atoms with Crippen molar-refractivity contribution in [1.29, 1.82) is 0 Å². The van der Waals surface area contributed by atoms with E-state index in [-0.39, 0.29) is 0 Å². The number of sulfonamides is 1. The van der Waals surface area contributed by atoms with Crippen LogP contribution in [0.2, 0.25) is 0 Å². The van der Waals surface area contributed by atoms with Gasteiger partial charge < -0.3 is 4.52 Å². The molecule has 0 unspecified atom stereocenters. The largest absolute Gasteiger partial charge is 0.360 e. The van der Waals surface area contributed by atoms with Gasteiger partial charge in [0, 0.05) is 32.2 Å². The van der Waals surface area contributed by atoms with E-state index in [1.807, 2.05) is 25.1 Å². The molecule has 1 fully saturated rings. The van der Waals surface area contributed by atoms with Crippen molar-refractivity contribution >= 4 is 10.0 Å². The number of hydrogen-bond acceptors (Lipinski definition) is 5. The second kappa shape index (κ2) is 6.55. The average molecular weight is 361 g/mol. The van der Waals surface area contributed by atoms with E-state index in [2.05, 4.69) is 10.1 Å². The molecule has 1 saturated heterocycles. The Bertz CT molecular complexity index is 867. The van der Waals surface area contributed by atoms with E-state index >= 15 is 0 Å². The predicted octanol–water partition coefficient (Wildman–Crippen LogP) is 1.98. The van der Waals surface area contributed by atoms with E-state index in [0.717, 1.165) is 30.7 Å². The molecule has 134 valence electrons. The fourth-order valence-electron chi connectivity index (χ4n) is 3.70. The summed E-state index contributed by atoms with van der Waals surface area (Å²) < 4.78 is 32.7. The zero-order valence-corrected chi connectivity index (χ0v) is 15.3. The summed E-state index contributed by atoms with van der Waals surface area (Å²) >= 11 is 0. The fourth-order valence-corrected chi connectivity index (χ4v) is 5.17. The Morgan fingerprint density at radius 2 is 1.84 bits per heavy atom. The highest BCUT2D eigenvalue weighted by Gasteiger charge is 2.29. The number of aryl methyl sites for hydroxylation is 3. The average Bonchev–Trinajstić information content (AvgIpc) is 3.23. The van der Waals surface area contributed by atoms with Gasteiger partial charge in [-0.2, -0.15) is 4.31 Å². The molecule has 0 radical (unpaired) electrons. The summed E-state index contributed by atoms with van der Waals surface area (Å²) in [6, 6.07) is 7.55. The highest BCUT2D eigenvalue weighted by Crippen LogP contribution is 2.26. The molecular weight excluding hydrogens is 338 g/mol. The summed E-state index contributed by atoms with van der Waals surface area (Å²) in [6.45, 7) is 4.98. The van der Waals surface area contributed by atoms with E-state index in [1.54, 1.807) is 10.4 Å². The first-order valence-electron chi connectivity index (χ1n) is 8.79. The van der Waals surface area contributed by atoms with Crippen molar-refractivity contribution in [2.75, 3.05) is 26.2 Å². The molecule has 1 aliphatic heterocycles. The van der Waals surface area contributed by atoms with Crippen LogP contribution >= 0.6 is 0 Å². The van der Waals surface area contributed by atoms with Crippen molar-refractivity contribution < 1.29 is 12.9 Å².